The van der Waals surface area contributed by atoms with E-state index in [0.29, 0.717) is 12.0 Å². The first kappa shape index (κ1) is 16.1. The Hall–Kier alpha value is -2.43. The zero-order chi connectivity index (χ0) is 17.4. The van der Waals surface area contributed by atoms with Gasteiger partial charge in [0.25, 0.3) is 5.91 Å². The highest BCUT2D eigenvalue weighted by atomic mass is 16.2. The van der Waals surface area contributed by atoms with Crippen molar-refractivity contribution in [3.05, 3.63) is 53.3 Å². The molecule has 0 unspecified atom stereocenters. The molecule has 1 saturated heterocycles. The normalized spacial score (nSPS) is 25.0. The maximum absolute atomic E-state index is 12.8. The number of rotatable bonds is 3. The second-order valence-electron chi connectivity index (χ2n) is 7.68. The van der Waals surface area contributed by atoms with Gasteiger partial charge >= 0.3 is 0 Å². The average Bonchev–Trinajstić information content (AvgIpc) is 2.99. The molecule has 2 aromatic rings. The van der Waals surface area contributed by atoms with Gasteiger partial charge in [-0.2, -0.15) is 0 Å². The van der Waals surface area contributed by atoms with Crippen LogP contribution in [-0.2, 0) is 0 Å². The molecule has 130 valence electrons. The summed E-state index contributed by atoms with van der Waals surface area (Å²) in [5, 5.41) is 3.39. The van der Waals surface area contributed by atoms with Crippen LogP contribution in [0.15, 0.2) is 36.7 Å². The fourth-order valence-corrected chi connectivity index (χ4v) is 4.37. The van der Waals surface area contributed by atoms with Gasteiger partial charge in [-0.05, 0) is 56.7 Å². The highest BCUT2D eigenvalue weighted by molar-refractivity contribution is 5.94. The van der Waals surface area contributed by atoms with Crippen LogP contribution in [0.2, 0.25) is 0 Å². The molecule has 2 heterocycles. The average molecular weight is 336 g/mol. The second-order valence-corrected chi connectivity index (χ2v) is 7.68. The summed E-state index contributed by atoms with van der Waals surface area (Å²) in [6.45, 7) is 5.82. The van der Waals surface area contributed by atoms with Gasteiger partial charge in [-0.25, -0.2) is 9.97 Å². The Labute approximate surface area is 148 Å². The molecule has 1 aliphatic heterocycles. The van der Waals surface area contributed by atoms with Gasteiger partial charge in [-0.1, -0.05) is 17.2 Å². The van der Waals surface area contributed by atoms with E-state index in [1.165, 1.54) is 0 Å². The zero-order valence-electron chi connectivity index (χ0n) is 14.8. The molecule has 0 bridgehead atoms. The Bertz CT molecular complexity index is 763. The number of nitrogens with one attached hydrogen (secondary N) is 1. The largest absolute Gasteiger partial charge is 0.351 e. The van der Waals surface area contributed by atoms with E-state index in [9.17, 15) is 4.79 Å². The predicted molar refractivity (Wildman–Crippen MR) is 97.5 cm³/mol. The summed E-state index contributed by atoms with van der Waals surface area (Å²) in [6.07, 6.45) is 6.77. The smallest absolute Gasteiger partial charge is 0.253 e. The summed E-state index contributed by atoms with van der Waals surface area (Å²) in [4.78, 5) is 23.3. The van der Waals surface area contributed by atoms with Gasteiger partial charge in [-0.3, -0.25) is 4.79 Å². The van der Waals surface area contributed by atoms with Crippen molar-refractivity contribution in [2.45, 2.75) is 39.2 Å². The van der Waals surface area contributed by atoms with Crippen molar-refractivity contribution in [2.75, 3.05) is 18.4 Å². The first-order valence-corrected chi connectivity index (χ1v) is 8.94. The minimum Gasteiger partial charge on any atom is -0.351 e. The monoisotopic (exact) mass is 336 g/mol. The van der Waals surface area contributed by atoms with Gasteiger partial charge in [0.2, 0.25) is 5.95 Å². The number of aromatic nitrogens is 2. The molecule has 1 aromatic carbocycles. The molecule has 0 atom stereocenters. The molecule has 1 aliphatic carbocycles. The number of amides is 1. The Balaban J connectivity index is 1.37. The molecule has 0 radical (unpaired) electrons. The summed E-state index contributed by atoms with van der Waals surface area (Å²) in [5.41, 5.74) is 3.39. The fourth-order valence-electron chi connectivity index (χ4n) is 4.37. The van der Waals surface area contributed by atoms with Gasteiger partial charge < -0.3 is 10.2 Å². The highest BCUT2D eigenvalue weighted by Gasteiger charge is 2.49. The van der Waals surface area contributed by atoms with Gasteiger partial charge in [0.1, 0.15) is 0 Å². The van der Waals surface area contributed by atoms with Gasteiger partial charge in [0, 0.05) is 37.1 Å². The van der Waals surface area contributed by atoms with E-state index in [1.54, 1.807) is 12.4 Å². The van der Waals surface area contributed by atoms with Crippen molar-refractivity contribution in [1.82, 2.24) is 14.9 Å². The molecular weight excluding hydrogens is 312 g/mol. The summed E-state index contributed by atoms with van der Waals surface area (Å²) in [6, 6.07) is 8.34. The van der Waals surface area contributed by atoms with Gasteiger partial charge in [0.05, 0.1) is 0 Å². The molecule has 2 aliphatic rings. The molecule has 2 fully saturated rings. The molecule has 4 rings (SSSR count). The Morgan fingerprint density at radius 3 is 2.52 bits per heavy atom. The van der Waals surface area contributed by atoms with E-state index in [1.807, 2.05) is 36.9 Å². The second kappa shape index (κ2) is 6.14. The number of aryl methyl sites for hydroxylation is 2. The van der Waals surface area contributed by atoms with E-state index in [4.69, 9.17) is 0 Å². The summed E-state index contributed by atoms with van der Waals surface area (Å²) in [5.74, 6) is 0.870. The van der Waals surface area contributed by atoms with Crippen LogP contribution < -0.4 is 5.32 Å². The number of nitrogens with zero attached hydrogens (tertiary/aromatic N) is 3. The number of hydrogen-bond donors (Lipinski definition) is 1. The Kier molecular flexibility index (Phi) is 3.94. The SMILES string of the molecule is Cc1cc(C)cc(C(=O)N2CCC3(CC(Nc4ncccn4)C3)C2)c1. The molecule has 1 spiro atoms. The number of hydrogen-bond acceptors (Lipinski definition) is 4. The van der Waals surface area contributed by atoms with Gasteiger partial charge in [-0.15, -0.1) is 0 Å². The first-order valence-electron chi connectivity index (χ1n) is 8.94. The van der Waals surface area contributed by atoms with Crippen LogP contribution in [0.1, 0.15) is 40.7 Å². The third-order valence-corrected chi connectivity index (χ3v) is 5.45. The number of likely N-dealkylation sites (tertiary alicyclic amines) is 1. The Morgan fingerprint density at radius 1 is 1.16 bits per heavy atom. The van der Waals surface area contributed by atoms with Crippen LogP contribution in [0.25, 0.3) is 0 Å². The lowest BCUT2D eigenvalue weighted by Gasteiger charge is -2.45. The third kappa shape index (κ3) is 3.23. The van der Waals surface area contributed by atoms with Crippen LogP contribution >= 0.6 is 0 Å². The molecule has 1 N–H and O–H groups in total. The molecular formula is C20H24N4O. The number of anilines is 1. The van der Waals surface area contributed by atoms with E-state index in [2.05, 4.69) is 21.4 Å². The van der Waals surface area contributed by atoms with E-state index >= 15 is 0 Å². The van der Waals surface area contributed by atoms with Crippen LogP contribution in [-0.4, -0.2) is 39.9 Å². The van der Waals surface area contributed by atoms with E-state index < -0.39 is 0 Å². The van der Waals surface area contributed by atoms with Crippen molar-refractivity contribution in [1.29, 1.82) is 0 Å². The number of benzene rings is 1. The molecule has 5 heteroatoms. The Morgan fingerprint density at radius 2 is 1.84 bits per heavy atom. The minimum absolute atomic E-state index is 0.173. The molecule has 1 amide bonds. The summed E-state index contributed by atoms with van der Waals surface area (Å²) < 4.78 is 0. The van der Waals surface area contributed by atoms with Crippen LogP contribution in [0, 0.1) is 19.3 Å². The first-order chi connectivity index (χ1) is 12.0. The van der Waals surface area contributed by atoms with Crippen molar-refractivity contribution in [3.63, 3.8) is 0 Å². The third-order valence-electron chi connectivity index (χ3n) is 5.45. The molecule has 5 nitrogen and oxygen atoms in total. The lowest BCUT2D eigenvalue weighted by molar-refractivity contribution is 0.0715. The van der Waals surface area contributed by atoms with Crippen LogP contribution in [0.3, 0.4) is 0 Å². The maximum atomic E-state index is 12.8. The number of carbonyl (C=O) groups excluding carboxylic acids is 1. The zero-order valence-corrected chi connectivity index (χ0v) is 14.8. The van der Waals surface area contributed by atoms with E-state index in [0.717, 1.165) is 49.0 Å². The van der Waals surface area contributed by atoms with Crippen molar-refractivity contribution in [3.8, 4) is 0 Å². The molecule has 1 saturated carbocycles. The summed E-state index contributed by atoms with van der Waals surface area (Å²) >= 11 is 0. The topological polar surface area (TPSA) is 58.1 Å². The molecule has 25 heavy (non-hydrogen) atoms. The molecule has 1 aromatic heterocycles. The van der Waals surface area contributed by atoms with Crippen molar-refractivity contribution < 1.29 is 4.79 Å². The van der Waals surface area contributed by atoms with Crippen molar-refractivity contribution >= 4 is 11.9 Å². The lowest BCUT2D eigenvalue weighted by atomic mass is 9.65. The summed E-state index contributed by atoms with van der Waals surface area (Å²) in [7, 11) is 0. The quantitative estimate of drug-likeness (QED) is 0.935. The maximum Gasteiger partial charge on any atom is 0.253 e. The fraction of sp³-hybridized carbons (Fsp3) is 0.450. The highest BCUT2D eigenvalue weighted by Crippen LogP contribution is 2.49. The van der Waals surface area contributed by atoms with Crippen LogP contribution in [0.5, 0.6) is 0 Å². The van der Waals surface area contributed by atoms with Crippen LogP contribution in [0.4, 0.5) is 5.95 Å². The van der Waals surface area contributed by atoms with Crippen molar-refractivity contribution in [2.24, 2.45) is 5.41 Å². The minimum atomic E-state index is 0.173. The predicted octanol–water partition coefficient (Wildman–Crippen LogP) is 3.20. The lowest BCUT2D eigenvalue weighted by Crippen LogP contribution is -2.47. The van der Waals surface area contributed by atoms with E-state index in [-0.39, 0.29) is 11.3 Å². The van der Waals surface area contributed by atoms with Gasteiger partial charge in [0.15, 0.2) is 0 Å². The number of carbonyl (C=O) groups is 1. The standard InChI is InChI=1S/C20H24N4O/c1-14-8-15(2)10-16(9-14)18(25)24-7-4-20(13-24)11-17(12-20)23-19-21-5-3-6-22-19/h3,5-6,8-10,17H,4,7,11-13H2,1-2H3,(H,21,22,23).